The summed E-state index contributed by atoms with van der Waals surface area (Å²) in [7, 11) is 0. The van der Waals surface area contributed by atoms with Crippen LogP contribution in [0, 0.1) is 11.8 Å². The van der Waals surface area contributed by atoms with Crippen molar-refractivity contribution in [2.24, 2.45) is 11.8 Å². The standard InChI is InChI=1S/C15H22N2O/c16-14-4-6-15(7-5-14)18-9-8-17-10-12-2-1-3-13(12)11-17/h4-7,12-13H,1-3,8-11,16H2. The lowest BCUT2D eigenvalue weighted by Crippen LogP contribution is -2.27. The van der Waals surface area contributed by atoms with Crippen molar-refractivity contribution in [1.82, 2.24) is 4.90 Å². The van der Waals surface area contributed by atoms with Crippen LogP contribution in [0.1, 0.15) is 19.3 Å². The molecular formula is C15H22N2O. The van der Waals surface area contributed by atoms with Crippen LogP contribution < -0.4 is 10.5 Å². The van der Waals surface area contributed by atoms with Gasteiger partial charge in [0, 0.05) is 25.3 Å². The van der Waals surface area contributed by atoms with Crippen molar-refractivity contribution in [3.05, 3.63) is 24.3 Å². The zero-order chi connectivity index (χ0) is 12.4. The molecule has 18 heavy (non-hydrogen) atoms. The van der Waals surface area contributed by atoms with Crippen LogP contribution in [-0.2, 0) is 0 Å². The van der Waals surface area contributed by atoms with Gasteiger partial charge in [0.25, 0.3) is 0 Å². The molecule has 2 atom stereocenters. The van der Waals surface area contributed by atoms with Gasteiger partial charge >= 0.3 is 0 Å². The first-order valence-electron chi connectivity index (χ1n) is 7.02. The lowest BCUT2D eigenvalue weighted by Gasteiger charge is -2.17. The van der Waals surface area contributed by atoms with E-state index in [-0.39, 0.29) is 0 Å². The molecular weight excluding hydrogens is 224 g/mol. The van der Waals surface area contributed by atoms with Gasteiger partial charge in [-0.1, -0.05) is 6.42 Å². The Hall–Kier alpha value is -1.22. The van der Waals surface area contributed by atoms with Crippen molar-refractivity contribution in [2.45, 2.75) is 19.3 Å². The Labute approximate surface area is 109 Å². The minimum atomic E-state index is 0.781. The second-order valence-corrected chi connectivity index (χ2v) is 5.63. The maximum Gasteiger partial charge on any atom is 0.119 e. The molecule has 1 saturated heterocycles. The van der Waals surface area contributed by atoms with E-state index in [0.717, 1.165) is 36.4 Å². The van der Waals surface area contributed by atoms with Gasteiger partial charge in [0.15, 0.2) is 0 Å². The summed E-state index contributed by atoms with van der Waals surface area (Å²) < 4.78 is 5.75. The molecule has 1 aliphatic heterocycles. The predicted octanol–water partition coefficient (Wildman–Crippen LogP) is 2.38. The molecule has 1 aliphatic carbocycles. The van der Waals surface area contributed by atoms with E-state index in [9.17, 15) is 0 Å². The summed E-state index contributed by atoms with van der Waals surface area (Å²) in [6.07, 6.45) is 4.34. The lowest BCUT2D eigenvalue weighted by molar-refractivity contribution is 0.227. The normalized spacial score (nSPS) is 27.3. The Balaban J connectivity index is 1.41. The van der Waals surface area contributed by atoms with Crippen LogP contribution in [0.4, 0.5) is 5.69 Å². The largest absolute Gasteiger partial charge is 0.492 e. The van der Waals surface area contributed by atoms with E-state index >= 15 is 0 Å². The van der Waals surface area contributed by atoms with Gasteiger partial charge < -0.3 is 10.5 Å². The van der Waals surface area contributed by atoms with E-state index < -0.39 is 0 Å². The third kappa shape index (κ3) is 2.61. The molecule has 0 amide bonds. The highest BCUT2D eigenvalue weighted by molar-refractivity contribution is 5.41. The highest BCUT2D eigenvalue weighted by Gasteiger charge is 2.35. The fraction of sp³-hybridized carbons (Fsp3) is 0.600. The lowest BCUT2D eigenvalue weighted by atomic mass is 10.0. The highest BCUT2D eigenvalue weighted by atomic mass is 16.5. The van der Waals surface area contributed by atoms with Gasteiger partial charge in [-0.05, 0) is 48.9 Å². The molecule has 3 heteroatoms. The smallest absolute Gasteiger partial charge is 0.119 e. The molecule has 2 N–H and O–H groups in total. The molecule has 1 heterocycles. The first-order chi connectivity index (χ1) is 8.81. The number of fused-ring (bicyclic) bond motifs is 1. The van der Waals surface area contributed by atoms with Gasteiger partial charge in [-0.15, -0.1) is 0 Å². The summed E-state index contributed by atoms with van der Waals surface area (Å²) in [4.78, 5) is 2.56. The Morgan fingerprint density at radius 2 is 1.78 bits per heavy atom. The second kappa shape index (κ2) is 5.19. The number of likely N-dealkylation sites (tertiary alicyclic amines) is 1. The second-order valence-electron chi connectivity index (χ2n) is 5.63. The molecule has 2 aliphatic rings. The number of hydrogen-bond acceptors (Lipinski definition) is 3. The average Bonchev–Trinajstić information content (AvgIpc) is 2.92. The third-order valence-corrected chi connectivity index (χ3v) is 4.36. The zero-order valence-corrected chi connectivity index (χ0v) is 10.8. The number of rotatable bonds is 4. The number of nitrogens with two attached hydrogens (primary N) is 1. The van der Waals surface area contributed by atoms with Crippen LogP contribution in [0.3, 0.4) is 0 Å². The van der Waals surface area contributed by atoms with Crippen molar-refractivity contribution in [3.8, 4) is 5.75 Å². The van der Waals surface area contributed by atoms with Crippen LogP contribution in [-0.4, -0.2) is 31.1 Å². The molecule has 98 valence electrons. The molecule has 0 radical (unpaired) electrons. The molecule has 1 aromatic rings. The first kappa shape index (κ1) is 11.8. The van der Waals surface area contributed by atoms with E-state index in [2.05, 4.69) is 4.90 Å². The summed E-state index contributed by atoms with van der Waals surface area (Å²) in [6.45, 7) is 4.41. The molecule has 3 nitrogen and oxygen atoms in total. The number of nitrogens with zero attached hydrogens (tertiary/aromatic N) is 1. The summed E-state index contributed by atoms with van der Waals surface area (Å²) >= 11 is 0. The van der Waals surface area contributed by atoms with Gasteiger partial charge in [-0.25, -0.2) is 0 Å². The topological polar surface area (TPSA) is 38.5 Å². The van der Waals surface area contributed by atoms with Gasteiger partial charge in [0.2, 0.25) is 0 Å². The molecule has 1 saturated carbocycles. The number of benzene rings is 1. The minimum Gasteiger partial charge on any atom is -0.492 e. The monoisotopic (exact) mass is 246 g/mol. The van der Waals surface area contributed by atoms with Gasteiger partial charge in [-0.2, -0.15) is 0 Å². The predicted molar refractivity (Wildman–Crippen MR) is 73.6 cm³/mol. The van der Waals surface area contributed by atoms with Gasteiger partial charge in [0.1, 0.15) is 12.4 Å². The van der Waals surface area contributed by atoms with E-state index in [0.29, 0.717) is 0 Å². The molecule has 1 aromatic carbocycles. The molecule has 0 bridgehead atoms. The van der Waals surface area contributed by atoms with Crippen molar-refractivity contribution in [1.29, 1.82) is 0 Å². The highest BCUT2D eigenvalue weighted by Crippen LogP contribution is 2.37. The van der Waals surface area contributed by atoms with Gasteiger partial charge in [0.05, 0.1) is 0 Å². The fourth-order valence-electron chi connectivity index (χ4n) is 3.37. The summed E-state index contributed by atoms with van der Waals surface area (Å²) in [6, 6.07) is 7.65. The van der Waals surface area contributed by atoms with E-state index in [1.165, 1.54) is 32.4 Å². The average molecular weight is 246 g/mol. The van der Waals surface area contributed by atoms with Gasteiger partial charge in [-0.3, -0.25) is 4.90 Å². The van der Waals surface area contributed by atoms with Crippen LogP contribution in [0.25, 0.3) is 0 Å². The summed E-state index contributed by atoms with van der Waals surface area (Å²) in [5, 5.41) is 0. The van der Waals surface area contributed by atoms with E-state index in [1.54, 1.807) is 0 Å². The number of ether oxygens (including phenoxy) is 1. The van der Waals surface area contributed by atoms with Crippen LogP contribution in [0.5, 0.6) is 5.75 Å². The van der Waals surface area contributed by atoms with Crippen LogP contribution in [0.2, 0.25) is 0 Å². The SMILES string of the molecule is Nc1ccc(OCCN2CC3CCCC3C2)cc1. The van der Waals surface area contributed by atoms with E-state index in [4.69, 9.17) is 10.5 Å². The van der Waals surface area contributed by atoms with Crippen molar-refractivity contribution in [3.63, 3.8) is 0 Å². The Bertz CT molecular complexity index is 378. The fourth-order valence-corrected chi connectivity index (χ4v) is 3.37. The number of nitrogen functional groups attached to an aromatic ring is 1. The first-order valence-corrected chi connectivity index (χ1v) is 7.02. The Morgan fingerprint density at radius 1 is 1.11 bits per heavy atom. The van der Waals surface area contributed by atoms with E-state index in [1.807, 2.05) is 24.3 Å². The molecule has 0 spiro atoms. The maximum absolute atomic E-state index is 5.75. The molecule has 2 unspecified atom stereocenters. The van der Waals surface area contributed by atoms with Crippen LogP contribution in [0.15, 0.2) is 24.3 Å². The molecule has 2 fully saturated rings. The van der Waals surface area contributed by atoms with Crippen molar-refractivity contribution < 1.29 is 4.74 Å². The van der Waals surface area contributed by atoms with Crippen molar-refractivity contribution >= 4 is 5.69 Å². The Kier molecular flexibility index (Phi) is 3.41. The molecule has 3 rings (SSSR count). The maximum atomic E-state index is 5.75. The Morgan fingerprint density at radius 3 is 2.44 bits per heavy atom. The third-order valence-electron chi connectivity index (χ3n) is 4.36. The molecule has 0 aromatic heterocycles. The number of anilines is 1. The number of hydrogen-bond donors (Lipinski definition) is 1. The summed E-state index contributed by atoms with van der Waals surface area (Å²) in [5.41, 5.74) is 6.43. The minimum absolute atomic E-state index is 0.781. The van der Waals surface area contributed by atoms with Crippen LogP contribution >= 0.6 is 0 Å². The quantitative estimate of drug-likeness (QED) is 0.829. The summed E-state index contributed by atoms with van der Waals surface area (Å²) in [5.74, 6) is 2.87. The van der Waals surface area contributed by atoms with Crippen molar-refractivity contribution in [2.75, 3.05) is 32.0 Å². The zero-order valence-electron chi connectivity index (χ0n) is 10.8.